The first-order chi connectivity index (χ1) is 30.8. The average molecular weight is 906 g/mol. The molecule has 0 saturated carbocycles. The summed E-state index contributed by atoms with van der Waals surface area (Å²) >= 11 is 0. The highest BCUT2D eigenvalue weighted by Crippen LogP contribution is 2.25. The number of esters is 1. The molecule has 2 aromatic rings. The van der Waals surface area contributed by atoms with Crippen molar-refractivity contribution in [3.8, 4) is 0 Å². The van der Waals surface area contributed by atoms with E-state index in [4.69, 9.17) is 9.47 Å². The molecule has 9 atom stereocenters. The zero-order valence-electron chi connectivity index (χ0n) is 38.1. The average Bonchev–Trinajstić information content (AvgIpc) is 3.27. The van der Waals surface area contributed by atoms with E-state index in [0.29, 0.717) is 11.1 Å². The van der Waals surface area contributed by atoms with E-state index in [1.807, 2.05) is 0 Å². The molecule has 0 aliphatic carbocycles. The molecule has 7 N–H and O–H groups in total. The maximum absolute atomic E-state index is 14.9. The molecule has 65 heavy (non-hydrogen) atoms. The summed E-state index contributed by atoms with van der Waals surface area (Å²) in [6, 6.07) is 9.27. The lowest BCUT2D eigenvalue weighted by molar-refractivity contribution is -0.165. The minimum atomic E-state index is -1.73. The fourth-order valence-corrected chi connectivity index (χ4v) is 7.64. The van der Waals surface area contributed by atoms with Crippen LogP contribution in [0.3, 0.4) is 0 Å². The molecule has 4 rings (SSSR count). The van der Waals surface area contributed by atoms with Gasteiger partial charge in [-0.15, -0.1) is 0 Å². The summed E-state index contributed by atoms with van der Waals surface area (Å²) in [4.78, 5) is 115. The molecule has 0 spiro atoms. The van der Waals surface area contributed by atoms with E-state index >= 15 is 0 Å². The SMILES string of the molecule is C/C=C1/NC(=O)C(NC(=O)C(NC(=O)C(CO)OC)C(C)C)C(C)OC(=O)C(C(C)C)NC(=O)C(Cc2ccccc2)N(C)C(=O)C(Cc2ccccc2)N2C(=O)C(CCC2O)NC1=O. The number of hydrogen-bond acceptors (Lipinski definition) is 12. The van der Waals surface area contributed by atoms with Gasteiger partial charge in [0.05, 0.1) is 6.61 Å². The van der Waals surface area contributed by atoms with Gasteiger partial charge in [0.2, 0.25) is 23.6 Å². The number of allylic oxidation sites excluding steroid dienone is 1. The molecule has 0 radical (unpaired) electrons. The van der Waals surface area contributed by atoms with Gasteiger partial charge in [-0.25, -0.2) is 4.79 Å². The van der Waals surface area contributed by atoms with Crippen molar-refractivity contribution in [1.82, 2.24) is 36.4 Å². The molecule has 2 heterocycles. The molecule has 2 aromatic carbocycles. The van der Waals surface area contributed by atoms with Crippen molar-refractivity contribution in [3.05, 3.63) is 83.6 Å². The Bertz CT molecular complexity index is 2050. The third kappa shape index (κ3) is 13.2. The summed E-state index contributed by atoms with van der Waals surface area (Å²) < 4.78 is 10.8. The van der Waals surface area contributed by atoms with Crippen LogP contribution in [0.15, 0.2) is 72.4 Å². The Hall–Kier alpha value is -6.18. The third-order valence-electron chi connectivity index (χ3n) is 11.5. The zero-order chi connectivity index (χ0) is 48.1. The van der Waals surface area contributed by atoms with Crippen LogP contribution in [0, 0.1) is 11.8 Å². The largest absolute Gasteiger partial charge is 0.458 e. The monoisotopic (exact) mass is 905 g/mol. The number of hydrogen-bond donors (Lipinski definition) is 7. The number of nitrogens with zero attached hydrogens (tertiary/aromatic N) is 2. The lowest BCUT2D eigenvalue weighted by atomic mass is 9.95. The maximum Gasteiger partial charge on any atom is 0.329 e. The van der Waals surface area contributed by atoms with Crippen LogP contribution in [0.4, 0.5) is 0 Å². The molecule has 2 aliphatic heterocycles. The van der Waals surface area contributed by atoms with E-state index in [-0.39, 0.29) is 31.4 Å². The number of cyclic esters (lactones) is 1. The van der Waals surface area contributed by atoms with Crippen LogP contribution < -0.4 is 26.6 Å². The molecular formula is C46H63N7O12. The number of aliphatic hydroxyl groups excluding tert-OH is 2. The molecule has 2 fully saturated rings. The topological polar surface area (TPSA) is 262 Å². The number of carbonyl (C=O) groups is 8. The molecule has 7 amide bonds. The van der Waals surface area contributed by atoms with Gasteiger partial charge in [-0.3, -0.25) is 33.6 Å². The van der Waals surface area contributed by atoms with Crippen molar-refractivity contribution in [2.24, 2.45) is 11.8 Å². The van der Waals surface area contributed by atoms with Gasteiger partial charge in [0.25, 0.3) is 17.7 Å². The number of methoxy groups -OCH3 is 1. The molecule has 2 saturated heterocycles. The summed E-state index contributed by atoms with van der Waals surface area (Å²) in [5.74, 6) is -8.13. The van der Waals surface area contributed by atoms with Crippen LogP contribution >= 0.6 is 0 Å². The number of likely N-dealkylation sites (N-methyl/N-ethyl adjacent to an activating group) is 1. The Balaban J connectivity index is 1.84. The second-order valence-corrected chi connectivity index (χ2v) is 16.9. The van der Waals surface area contributed by atoms with E-state index in [0.717, 1.165) is 4.90 Å². The Kier molecular flexibility index (Phi) is 18.7. The van der Waals surface area contributed by atoms with Gasteiger partial charge in [0.1, 0.15) is 54.3 Å². The molecule has 354 valence electrons. The van der Waals surface area contributed by atoms with E-state index in [2.05, 4.69) is 26.6 Å². The molecule has 9 unspecified atom stereocenters. The van der Waals surface area contributed by atoms with Crippen LogP contribution in [0.2, 0.25) is 0 Å². The highest BCUT2D eigenvalue weighted by atomic mass is 16.5. The first-order valence-corrected chi connectivity index (χ1v) is 21.7. The van der Waals surface area contributed by atoms with E-state index in [1.54, 1.807) is 88.4 Å². The Morgan fingerprint density at radius 3 is 1.97 bits per heavy atom. The van der Waals surface area contributed by atoms with E-state index < -0.39 is 120 Å². The van der Waals surface area contributed by atoms with Crippen LogP contribution in [0.5, 0.6) is 0 Å². The highest BCUT2D eigenvalue weighted by Gasteiger charge is 2.45. The summed E-state index contributed by atoms with van der Waals surface area (Å²) in [6.07, 6.45) is -3.22. The van der Waals surface area contributed by atoms with Gasteiger partial charge in [0.15, 0.2) is 6.10 Å². The third-order valence-corrected chi connectivity index (χ3v) is 11.5. The highest BCUT2D eigenvalue weighted by molar-refractivity contribution is 6.02. The van der Waals surface area contributed by atoms with Crippen LogP contribution in [0.25, 0.3) is 0 Å². The summed E-state index contributed by atoms with van der Waals surface area (Å²) in [5.41, 5.74) is 0.939. The normalized spacial score (nSPS) is 25.7. The van der Waals surface area contributed by atoms with Crippen molar-refractivity contribution in [1.29, 1.82) is 0 Å². The van der Waals surface area contributed by atoms with Gasteiger partial charge in [-0.2, -0.15) is 0 Å². The lowest BCUT2D eigenvalue weighted by Crippen LogP contribution is -2.64. The molecule has 2 bridgehead atoms. The van der Waals surface area contributed by atoms with Gasteiger partial charge in [-0.05, 0) is 49.7 Å². The standard InChI is InChI=1S/C46H63N7O12/c1-9-30-39(56)48-31-20-21-35(55)53(44(31)61)33(23-29-18-14-11-15-19-29)45(62)52(7)32(22-28-16-12-10-13-17-28)40(57)50-37(26(4)5)46(63)65-27(6)38(43(60)47-30)51-42(59)36(25(2)3)49-41(58)34(24-54)64-8/h9-19,25-27,31-38,54-55H,20-24H2,1-8H3,(H,47,60)(H,48,56)(H,49,58)(H,50,57)(H,51,59)/b30-9+. The molecule has 19 nitrogen and oxygen atoms in total. The number of aliphatic hydroxyl groups is 2. The van der Waals surface area contributed by atoms with Crippen molar-refractivity contribution in [2.75, 3.05) is 20.8 Å². The van der Waals surface area contributed by atoms with Gasteiger partial charge in [0, 0.05) is 27.0 Å². The quantitative estimate of drug-likeness (QED) is 0.108. The van der Waals surface area contributed by atoms with Crippen LogP contribution in [-0.2, 0) is 60.7 Å². The molecular weight excluding hydrogens is 843 g/mol. The number of piperidine rings is 1. The van der Waals surface area contributed by atoms with Crippen molar-refractivity contribution in [3.63, 3.8) is 0 Å². The second-order valence-electron chi connectivity index (χ2n) is 16.9. The number of carbonyl (C=O) groups excluding carboxylic acids is 8. The Labute approximate surface area is 379 Å². The number of amides is 7. The van der Waals surface area contributed by atoms with E-state index in [9.17, 15) is 48.6 Å². The molecule has 2 aliphatic rings. The second kappa shape index (κ2) is 23.7. The first-order valence-electron chi connectivity index (χ1n) is 21.7. The Morgan fingerprint density at radius 2 is 1.45 bits per heavy atom. The first kappa shape index (κ1) is 51.5. The van der Waals surface area contributed by atoms with E-state index in [1.165, 1.54) is 39.0 Å². The number of fused-ring (bicyclic) bond motifs is 2. The number of rotatable bonds is 12. The fraction of sp³-hybridized carbons (Fsp3) is 0.522. The summed E-state index contributed by atoms with van der Waals surface area (Å²) in [7, 11) is 2.60. The maximum atomic E-state index is 14.9. The van der Waals surface area contributed by atoms with Crippen molar-refractivity contribution in [2.45, 2.75) is 122 Å². The van der Waals surface area contributed by atoms with Crippen LogP contribution in [0.1, 0.15) is 65.5 Å². The van der Waals surface area contributed by atoms with Crippen molar-refractivity contribution >= 4 is 47.3 Å². The zero-order valence-corrected chi connectivity index (χ0v) is 38.1. The number of benzene rings is 2. The molecule has 0 aromatic heterocycles. The molecule has 19 heteroatoms. The predicted molar refractivity (Wildman–Crippen MR) is 235 cm³/mol. The van der Waals surface area contributed by atoms with Crippen molar-refractivity contribution < 1.29 is 58.0 Å². The summed E-state index contributed by atoms with van der Waals surface area (Å²) in [6.45, 7) is 8.58. The fourth-order valence-electron chi connectivity index (χ4n) is 7.64. The lowest BCUT2D eigenvalue weighted by Gasteiger charge is -2.43. The predicted octanol–water partition coefficient (Wildman–Crippen LogP) is -0.168. The minimum absolute atomic E-state index is 0.0319. The van der Waals surface area contributed by atoms with Gasteiger partial charge >= 0.3 is 5.97 Å². The van der Waals surface area contributed by atoms with Crippen LogP contribution in [-0.4, -0.2) is 143 Å². The van der Waals surface area contributed by atoms with Gasteiger partial charge in [-0.1, -0.05) is 94.4 Å². The smallest absolute Gasteiger partial charge is 0.329 e. The summed E-state index contributed by atoms with van der Waals surface area (Å²) in [5, 5.41) is 33.9. The Morgan fingerprint density at radius 1 is 0.862 bits per heavy atom. The van der Waals surface area contributed by atoms with Gasteiger partial charge < -0.3 is 56.1 Å². The number of ether oxygens (including phenoxy) is 2. The minimum Gasteiger partial charge on any atom is -0.458 e. The number of nitrogens with one attached hydrogen (secondary N) is 5.